The first kappa shape index (κ1) is 5.66. The summed E-state index contributed by atoms with van der Waals surface area (Å²) in [4.78, 5) is 10.6. The molecule has 0 aromatic heterocycles. The van der Waals surface area contributed by atoms with Crippen molar-refractivity contribution in [2.24, 2.45) is 0 Å². The number of carbonyl (C=O) groups excluding carboxylic acids is 1. The van der Waals surface area contributed by atoms with Crippen LogP contribution in [-0.2, 0) is 4.79 Å². The standard InChI is InChI=1S/C9H10O/c1-8(7-10)9-5-3-2-4-6-9/h2-8H,1H3/i7D. The van der Waals surface area contributed by atoms with Crippen molar-refractivity contribution in [3.8, 4) is 0 Å². The Hall–Kier alpha value is -1.11. The molecule has 0 saturated carbocycles. The molecule has 1 rings (SSSR count). The predicted molar refractivity (Wildman–Crippen MR) is 40.9 cm³/mol. The Labute approximate surface area is 62.1 Å². The highest BCUT2D eigenvalue weighted by Crippen LogP contribution is 2.10. The largest absolute Gasteiger partial charge is 0.303 e. The van der Waals surface area contributed by atoms with E-state index in [4.69, 9.17) is 1.37 Å². The van der Waals surface area contributed by atoms with E-state index in [9.17, 15) is 4.79 Å². The van der Waals surface area contributed by atoms with Crippen LogP contribution in [0.25, 0.3) is 0 Å². The Bertz CT molecular complexity index is 243. The Morgan fingerprint density at radius 2 is 2.10 bits per heavy atom. The number of hydrogen-bond acceptors (Lipinski definition) is 1. The van der Waals surface area contributed by atoms with Gasteiger partial charge in [-0.3, -0.25) is 0 Å². The molecule has 52 valence electrons. The van der Waals surface area contributed by atoms with Gasteiger partial charge in [0.2, 0.25) is 0 Å². The molecule has 0 aliphatic heterocycles. The van der Waals surface area contributed by atoms with Crippen LogP contribution in [-0.4, -0.2) is 6.26 Å². The van der Waals surface area contributed by atoms with Gasteiger partial charge in [0, 0.05) is 5.92 Å². The summed E-state index contributed by atoms with van der Waals surface area (Å²) in [7, 11) is 0. The van der Waals surface area contributed by atoms with Crippen LogP contribution >= 0.6 is 0 Å². The summed E-state index contributed by atoms with van der Waals surface area (Å²) in [6, 6.07) is 9.35. The van der Waals surface area contributed by atoms with Gasteiger partial charge in [-0.2, -0.15) is 0 Å². The van der Waals surface area contributed by atoms with E-state index in [0.29, 0.717) is 0 Å². The zero-order valence-corrected chi connectivity index (χ0v) is 5.87. The second-order valence-electron chi connectivity index (χ2n) is 2.25. The first-order valence-corrected chi connectivity index (χ1v) is 3.27. The highest BCUT2D eigenvalue weighted by Gasteiger charge is 1.99. The van der Waals surface area contributed by atoms with Crippen LogP contribution in [0.1, 0.15) is 19.8 Å². The van der Waals surface area contributed by atoms with Crippen molar-refractivity contribution in [3.63, 3.8) is 0 Å². The van der Waals surface area contributed by atoms with Gasteiger partial charge >= 0.3 is 0 Å². The van der Waals surface area contributed by atoms with Gasteiger partial charge in [0.05, 0.1) is 0 Å². The summed E-state index contributed by atoms with van der Waals surface area (Å²) in [5.41, 5.74) is 0.910. The minimum Gasteiger partial charge on any atom is -0.303 e. The summed E-state index contributed by atoms with van der Waals surface area (Å²) in [6.07, 6.45) is -0.531. The third kappa shape index (κ3) is 1.44. The van der Waals surface area contributed by atoms with Crippen LogP contribution in [0.5, 0.6) is 0 Å². The van der Waals surface area contributed by atoms with Gasteiger partial charge in [-0.25, -0.2) is 0 Å². The second-order valence-corrected chi connectivity index (χ2v) is 2.25. The number of hydrogen-bond donors (Lipinski definition) is 0. The van der Waals surface area contributed by atoms with E-state index in [0.717, 1.165) is 5.56 Å². The Morgan fingerprint density at radius 1 is 1.50 bits per heavy atom. The van der Waals surface area contributed by atoms with Gasteiger partial charge in [0.15, 0.2) is 0 Å². The van der Waals surface area contributed by atoms with Crippen LogP contribution in [0.4, 0.5) is 0 Å². The van der Waals surface area contributed by atoms with Gasteiger partial charge in [-0.05, 0) is 5.56 Å². The molecule has 0 N–H and O–H groups in total. The summed E-state index contributed by atoms with van der Waals surface area (Å²) in [5.74, 6) is -0.295. The van der Waals surface area contributed by atoms with Gasteiger partial charge in [-0.1, -0.05) is 37.3 Å². The molecule has 1 heteroatoms. The molecule has 0 amide bonds. The van der Waals surface area contributed by atoms with Crippen molar-refractivity contribution in [1.29, 1.82) is 0 Å². The summed E-state index contributed by atoms with van der Waals surface area (Å²) < 4.78 is 6.88. The van der Waals surface area contributed by atoms with E-state index in [2.05, 4.69) is 0 Å². The zero-order chi connectivity index (χ0) is 8.27. The maximum absolute atomic E-state index is 10.6. The molecule has 0 aliphatic carbocycles. The van der Waals surface area contributed by atoms with E-state index in [-0.39, 0.29) is 5.92 Å². The van der Waals surface area contributed by atoms with Crippen molar-refractivity contribution < 1.29 is 6.17 Å². The highest BCUT2D eigenvalue weighted by atomic mass is 16.1. The molecule has 0 radical (unpaired) electrons. The number of aldehydes is 1. The van der Waals surface area contributed by atoms with Gasteiger partial charge < -0.3 is 4.79 Å². The molecule has 0 heterocycles. The maximum Gasteiger partial charge on any atom is 0.127 e. The highest BCUT2D eigenvalue weighted by molar-refractivity contribution is 5.61. The Morgan fingerprint density at radius 3 is 2.60 bits per heavy atom. The lowest BCUT2D eigenvalue weighted by Gasteiger charge is -2.00. The molecule has 0 bridgehead atoms. The van der Waals surface area contributed by atoms with Crippen LogP contribution in [0.15, 0.2) is 30.3 Å². The second kappa shape index (κ2) is 3.16. The van der Waals surface area contributed by atoms with Crippen molar-refractivity contribution in [1.82, 2.24) is 0 Å². The molecule has 1 aromatic rings. The van der Waals surface area contributed by atoms with E-state index in [1.807, 2.05) is 30.3 Å². The molecule has 0 fully saturated rings. The molecule has 1 nitrogen and oxygen atoms in total. The Balaban J connectivity index is 2.85. The van der Waals surface area contributed by atoms with E-state index in [1.54, 1.807) is 6.92 Å². The fourth-order valence-corrected chi connectivity index (χ4v) is 0.810. The zero-order valence-electron chi connectivity index (χ0n) is 6.87. The molecule has 1 aromatic carbocycles. The predicted octanol–water partition coefficient (Wildman–Crippen LogP) is 1.99. The monoisotopic (exact) mass is 135 g/mol. The molecule has 0 spiro atoms. The SMILES string of the molecule is [2H]C(=O)C(C)c1ccccc1. The third-order valence-electron chi connectivity index (χ3n) is 1.48. The fourth-order valence-electron chi connectivity index (χ4n) is 0.810. The van der Waals surface area contributed by atoms with Gasteiger partial charge in [0.1, 0.15) is 7.63 Å². The fraction of sp³-hybridized carbons (Fsp3) is 0.222. The topological polar surface area (TPSA) is 17.1 Å². The number of benzene rings is 1. The normalized spacial score (nSPS) is 13.9. The quantitative estimate of drug-likeness (QED) is 0.567. The maximum atomic E-state index is 10.6. The smallest absolute Gasteiger partial charge is 0.127 e. The molecule has 10 heavy (non-hydrogen) atoms. The summed E-state index contributed by atoms with van der Waals surface area (Å²) in [6.45, 7) is 1.74. The van der Waals surface area contributed by atoms with Crippen molar-refractivity contribution in [2.45, 2.75) is 12.8 Å². The molecular formula is C9H10O. The van der Waals surface area contributed by atoms with Gasteiger partial charge in [0.25, 0.3) is 0 Å². The molecule has 1 atom stereocenters. The van der Waals surface area contributed by atoms with Crippen molar-refractivity contribution in [2.75, 3.05) is 0 Å². The molecule has 0 aliphatic rings. The van der Waals surface area contributed by atoms with Crippen molar-refractivity contribution in [3.05, 3.63) is 35.9 Å². The molecule has 1 unspecified atom stereocenters. The summed E-state index contributed by atoms with van der Waals surface area (Å²) in [5, 5.41) is 0. The Kier molecular flexibility index (Phi) is 1.79. The van der Waals surface area contributed by atoms with E-state index >= 15 is 0 Å². The van der Waals surface area contributed by atoms with E-state index in [1.165, 1.54) is 0 Å². The molecule has 0 saturated heterocycles. The van der Waals surface area contributed by atoms with Crippen molar-refractivity contribution >= 4 is 6.26 Å². The minimum atomic E-state index is -0.531. The van der Waals surface area contributed by atoms with Crippen LogP contribution in [0, 0.1) is 0 Å². The lowest BCUT2D eigenvalue weighted by atomic mass is 10.0. The first-order valence-electron chi connectivity index (χ1n) is 3.77. The van der Waals surface area contributed by atoms with Crippen LogP contribution < -0.4 is 0 Å². The van der Waals surface area contributed by atoms with Crippen LogP contribution in [0.2, 0.25) is 0 Å². The lowest BCUT2D eigenvalue weighted by Crippen LogP contribution is -1.92. The van der Waals surface area contributed by atoms with Gasteiger partial charge in [-0.15, -0.1) is 0 Å². The van der Waals surface area contributed by atoms with E-state index < -0.39 is 6.26 Å². The first-order chi connectivity index (χ1) is 5.22. The third-order valence-corrected chi connectivity index (χ3v) is 1.48. The van der Waals surface area contributed by atoms with Crippen LogP contribution in [0.3, 0.4) is 0 Å². The minimum absolute atomic E-state index is 0.295. The number of carbonyl (C=O) groups is 1. The lowest BCUT2D eigenvalue weighted by molar-refractivity contribution is -0.108. The average Bonchev–Trinajstić information content (AvgIpc) is 2.05. The molecular weight excluding hydrogens is 124 g/mol. The summed E-state index contributed by atoms with van der Waals surface area (Å²) >= 11 is 0. The average molecular weight is 135 g/mol. The number of rotatable bonds is 2.